The summed E-state index contributed by atoms with van der Waals surface area (Å²) in [5.41, 5.74) is 2.35. The first-order valence-electron chi connectivity index (χ1n) is 8.33. The maximum absolute atomic E-state index is 13.0. The van der Waals surface area contributed by atoms with E-state index in [-0.39, 0.29) is 18.5 Å². The number of rotatable bonds is 5. The van der Waals surface area contributed by atoms with Gasteiger partial charge < -0.3 is 9.64 Å². The molecule has 0 aliphatic carbocycles. The van der Waals surface area contributed by atoms with Gasteiger partial charge in [0.15, 0.2) is 0 Å². The summed E-state index contributed by atoms with van der Waals surface area (Å²) >= 11 is 0. The number of carbonyl (C=O) groups excluding carboxylic acids is 1. The lowest BCUT2D eigenvalue weighted by atomic mass is 10.1. The first-order chi connectivity index (χ1) is 12.3. The largest absolute Gasteiger partial charge is 0.497 e. The van der Waals surface area contributed by atoms with Crippen LogP contribution in [0.3, 0.4) is 0 Å². The minimum absolute atomic E-state index is 0.00776. The summed E-state index contributed by atoms with van der Waals surface area (Å²) in [4.78, 5) is 14.7. The number of hydrogen-bond acceptors (Lipinski definition) is 4. The van der Waals surface area contributed by atoms with Crippen LogP contribution in [-0.2, 0) is 21.2 Å². The van der Waals surface area contributed by atoms with E-state index in [1.165, 1.54) is 7.11 Å². The third kappa shape index (κ3) is 3.53. The van der Waals surface area contributed by atoms with Crippen molar-refractivity contribution in [2.75, 3.05) is 29.1 Å². The Morgan fingerprint density at radius 2 is 1.96 bits per heavy atom. The molecule has 26 heavy (non-hydrogen) atoms. The van der Waals surface area contributed by atoms with Gasteiger partial charge in [-0.3, -0.25) is 9.10 Å². The molecule has 0 spiro atoms. The van der Waals surface area contributed by atoms with Crippen molar-refractivity contribution in [2.24, 2.45) is 0 Å². The van der Waals surface area contributed by atoms with Crippen molar-refractivity contribution in [1.29, 1.82) is 0 Å². The Morgan fingerprint density at radius 3 is 2.65 bits per heavy atom. The molecule has 2 aromatic carbocycles. The summed E-state index contributed by atoms with van der Waals surface area (Å²) in [5, 5.41) is 0. The number of ether oxygens (including phenoxy) is 1. The van der Waals surface area contributed by atoms with E-state index < -0.39 is 10.0 Å². The molecule has 0 saturated carbocycles. The van der Waals surface area contributed by atoms with Gasteiger partial charge in [0, 0.05) is 17.8 Å². The zero-order valence-electron chi connectivity index (χ0n) is 15.0. The standard InChI is InChI=1S/C19H22N2O4S/c1-14-11-15-7-4-5-10-18(15)21(14)19(22)13-20(26(3,23)24)16-8-6-9-17(12-16)25-2/h4-10,12,14H,11,13H2,1-3H3. The number of para-hydroxylation sites is 1. The number of nitrogens with zero attached hydrogens (tertiary/aromatic N) is 2. The molecule has 1 unspecified atom stereocenters. The molecular formula is C19H22N2O4S. The van der Waals surface area contributed by atoms with Gasteiger partial charge in [-0.1, -0.05) is 24.3 Å². The molecule has 138 valence electrons. The van der Waals surface area contributed by atoms with Crippen LogP contribution in [-0.4, -0.2) is 40.3 Å². The molecule has 0 bridgehead atoms. The highest BCUT2D eigenvalue weighted by molar-refractivity contribution is 7.92. The van der Waals surface area contributed by atoms with Crippen LogP contribution in [0.5, 0.6) is 5.75 Å². The van der Waals surface area contributed by atoms with Gasteiger partial charge in [-0.25, -0.2) is 8.42 Å². The van der Waals surface area contributed by atoms with E-state index in [2.05, 4.69) is 0 Å². The van der Waals surface area contributed by atoms with Gasteiger partial charge in [-0.2, -0.15) is 0 Å². The highest BCUT2D eigenvalue weighted by atomic mass is 32.2. The SMILES string of the molecule is COc1cccc(N(CC(=O)N2c3ccccc3CC2C)S(C)(=O)=O)c1. The number of carbonyl (C=O) groups is 1. The fourth-order valence-electron chi connectivity index (χ4n) is 3.31. The molecule has 1 amide bonds. The van der Waals surface area contributed by atoms with Crippen molar-refractivity contribution >= 4 is 27.3 Å². The van der Waals surface area contributed by atoms with Gasteiger partial charge in [-0.15, -0.1) is 0 Å². The molecule has 1 heterocycles. The average molecular weight is 374 g/mol. The number of hydrogen-bond donors (Lipinski definition) is 0. The van der Waals surface area contributed by atoms with E-state index >= 15 is 0 Å². The highest BCUT2D eigenvalue weighted by Crippen LogP contribution is 2.32. The van der Waals surface area contributed by atoms with E-state index in [1.54, 1.807) is 29.2 Å². The number of sulfonamides is 1. The minimum Gasteiger partial charge on any atom is -0.497 e. The zero-order valence-corrected chi connectivity index (χ0v) is 15.9. The van der Waals surface area contributed by atoms with Gasteiger partial charge in [0.05, 0.1) is 19.1 Å². The number of methoxy groups -OCH3 is 1. The third-order valence-corrected chi connectivity index (χ3v) is 5.64. The van der Waals surface area contributed by atoms with Crippen molar-refractivity contribution in [2.45, 2.75) is 19.4 Å². The molecule has 0 aromatic heterocycles. The monoisotopic (exact) mass is 374 g/mol. The first kappa shape index (κ1) is 18.3. The normalized spacial score (nSPS) is 16.3. The van der Waals surface area contributed by atoms with Gasteiger partial charge >= 0.3 is 0 Å². The summed E-state index contributed by atoms with van der Waals surface area (Å²) in [5.74, 6) is 0.277. The lowest BCUT2D eigenvalue weighted by molar-refractivity contribution is -0.117. The molecule has 1 aliphatic rings. The van der Waals surface area contributed by atoms with Crippen LogP contribution in [0.15, 0.2) is 48.5 Å². The van der Waals surface area contributed by atoms with Crippen molar-refractivity contribution in [1.82, 2.24) is 0 Å². The Bertz CT molecular complexity index is 927. The number of benzene rings is 2. The van der Waals surface area contributed by atoms with Crippen molar-refractivity contribution in [3.63, 3.8) is 0 Å². The lowest BCUT2D eigenvalue weighted by Crippen LogP contribution is -2.45. The van der Waals surface area contributed by atoms with Crippen LogP contribution in [0.2, 0.25) is 0 Å². The lowest BCUT2D eigenvalue weighted by Gasteiger charge is -2.28. The van der Waals surface area contributed by atoms with Gasteiger partial charge in [0.2, 0.25) is 15.9 Å². The van der Waals surface area contributed by atoms with Gasteiger partial charge in [-0.05, 0) is 37.1 Å². The van der Waals surface area contributed by atoms with Crippen LogP contribution in [0.25, 0.3) is 0 Å². The molecule has 3 rings (SSSR count). The first-order valence-corrected chi connectivity index (χ1v) is 10.2. The van der Waals surface area contributed by atoms with E-state index in [0.29, 0.717) is 11.4 Å². The summed E-state index contributed by atoms with van der Waals surface area (Å²) in [6.45, 7) is 1.71. The van der Waals surface area contributed by atoms with Crippen LogP contribution in [0, 0.1) is 0 Å². The Balaban J connectivity index is 1.92. The number of fused-ring (bicyclic) bond motifs is 1. The molecule has 0 saturated heterocycles. The van der Waals surface area contributed by atoms with Crippen LogP contribution < -0.4 is 13.9 Å². The predicted octanol–water partition coefficient (Wildman–Crippen LogP) is 2.44. The van der Waals surface area contributed by atoms with Crippen LogP contribution >= 0.6 is 0 Å². The Kier molecular flexibility index (Phi) is 4.91. The maximum atomic E-state index is 13.0. The second-order valence-electron chi connectivity index (χ2n) is 6.42. The molecule has 0 radical (unpaired) electrons. The van der Waals surface area contributed by atoms with E-state index in [0.717, 1.165) is 28.2 Å². The minimum atomic E-state index is -3.63. The smallest absolute Gasteiger partial charge is 0.248 e. The summed E-state index contributed by atoms with van der Waals surface area (Å²) in [6, 6.07) is 14.4. The summed E-state index contributed by atoms with van der Waals surface area (Å²) in [6.07, 6.45) is 1.86. The number of amides is 1. The van der Waals surface area contributed by atoms with Crippen molar-refractivity contribution in [3.8, 4) is 5.75 Å². The number of anilines is 2. The van der Waals surface area contributed by atoms with E-state index in [9.17, 15) is 13.2 Å². The molecule has 0 fully saturated rings. The predicted molar refractivity (Wildman–Crippen MR) is 102 cm³/mol. The van der Waals surface area contributed by atoms with Crippen LogP contribution in [0.4, 0.5) is 11.4 Å². The molecular weight excluding hydrogens is 352 g/mol. The maximum Gasteiger partial charge on any atom is 0.248 e. The molecule has 0 N–H and O–H groups in total. The third-order valence-electron chi connectivity index (χ3n) is 4.50. The van der Waals surface area contributed by atoms with Crippen molar-refractivity contribution in [3.05, 3.63) is 54.1 Å². The van der Waals surface area contributed by atoms with Crippen molar-refractivity contribution < 1.29 is 17.9 Å². The second-order valence-corrected chi connectivity index (χ2v) is 8.32. The van der Waals surface area contributed by atoms with Crippen LogP contribution in [0.1, 0.15) is 12.5 Å². The molecule has 1 aliphatic heterocycles. The Hall–Kier alpha value is -2.54. The Morgan fingerprint density at radius 1 is 1.23 bits per heavy atom. The second kappa shape index (κ2) is 6.99. The molecule has 6 nitrogen and oxygen atoms in total. The average Bonchev–Trinajstić information content (AvgIpc) is 2.94. The molecule has 1 atom stereocenters. The highest BCUT2D eigenvalue weighted by Gasteiger charge is 2.33. The zero-order chi connectivity index (χ0) is 18.9. The summed E-state index contributed by atoms with van der Waals surface area (Å²) < 4.78 is 30.9. The van der Waals surface area contributed by atoms with Gasteiger partial charge in [0.25, 0.3) is 0 Å². The quantitative estimate of drug-likeness (QED) is 0.806. The molecule has 2 aromatic rings. The fourth-order valence-corrected chi connectivity index (χ4v) is 4.15. The fraction of sp³-hybridized carbons (Fsp3) is 0.316. The molecule has 7 heteroatoms. The van der Waals surface area contributed by atoms with Gasteiger partial charge in [0.1, 0.15) is 12.3 Å². The van der Waals surface area contributed by atoms with E-state index in [1.807, 2.05) is 31.2 Å². The van der Waals surface area contributed by atoms with E-state index in [4.69, 9.17) is 4.74 Å². The Labute approximate surface area is 154 Å². The summed E-state index contributed by atoms with van der Waals surface area (Å²) in [7, 11) is -2.12. The topological polar surface area (TPSA) is 66.9 Å².